The van der Waals surface area contributed by atoms with Crippen molar-refractivity contribution < 1.29 is 23.1 Å². The van der Waals surface area contributed by atoms with Crippen LogP contribution in [0.2, 0.25) is 0 Å². The number of nitrogens with one attached hydrogen (secondary N) is 1. The normalized spacial score (nSPS) is 22.1. The molecule has 8 heteroatoms. The first kappa shape index (κ1) is 17.8. The van der Waals surface area contributed by atoms with E-state index < -0.39 is 18.5 Å². The number of hydrogen-bond acceptors (Lipinski definition) is 3. The lowest BCUT2D eigenvalue weighted by atomic mass is 9.87. The molecular formula is C15H22F3N3O2. The lowest BCUT2D eigenvalue weighted by Crippen LogP contribution is -2.39. The Morgan fingerprint density at radius 3 is 2.61 bits per heavy atom. The smallest absolute Gasteiger partial charge is 0.396 e. The summed E-state index contributed by atoms with van der Waals surface area (Å²) in [5, 5.41) is 15.2. The van der Waals surface area contributed by atoms with E-state index in [0.29, 0.717) is 5.92 Å². The summed E-state index contributed by atoms with van der Waals surface area (Å²) in [6, 6.07) is 0.0910. The van der Waals surface area contributed by atoms with E-state index in [9.17, 15) is 18.0 Å². The maximum atomic E-state index is 12.9. The zero-order valence-electron chi connectivity index (χ0n) is 13.1. The van der Waals surface area contributed by atoms with Gasteiger partial charge in [0.15, 0.2) is 5.69 Å². The van der Waals surface area contributed by atoms with E-state index in [4.69, 9.17) is 5.11 Å². The highest BCUT2D eigenvalue weighted by atomic mass is 19.4. The molecule has 1 amide bonds. The molecule has 23 heavy (non-hydrogen) atoms. The van der Waals surface area contributed by atoms with Gasteiger partial charge in [0.25, 0.3) is 0 Å². The number of amides is 1. The lowest BCUT2D eigenvalue weighted by Gasteiger charge is -2.26. The molecule has 0 radical (unpaired) electrons. The largest absolute Gasteiger partial charge is 0.435 e. The first-order valence-corrected chi connectivity index (χ1v) is 7.83. The molecule has 2 N–H and O–H groups in total. The summed E-state index contributed by atoms with van der Waals surface area (Å²) in [6.45, 7) is 1.52. The predicted molar refractivity (Wildman–Crippen MR) is 77.6 cm³/mol. The van der Waals surface area contributed by atoms with E-state index in [2.05, 4.69) is 17.3 Å². The summed E-state index contributed by atoms with van der Waals surface area (Å²) in [7, 11) is 0. The van der Waals surface area contributed by atoms with Crippen molar-refractivity contribution >= 4 is 5.91 Å². The lowest BCUT2D eigenvalue weighted by molar-refractivity contribution is -0.142. The van der Waals surface area contributed by atoms with E-state index in [1.54, 1.807) is 0 Å². The molecule has 0 atom stereocenters. The molecule has 130 valence electrons. The average Bonchev–Trinajstić information content (AvgIpc) is 2.84. The zero-order valence-corrected chi connectivity index (χ0v) is 13.1. The van der Waals surface area contributed by atoms with Crippen molar-refractivity contribution in [2.75, 3.05) is 6.61 Å². The van der Waals surface area contributed by atoms with Gasteiger partial charge in [0.05, 0.1) is 0 Å². The van der Waals surface area contributed by atoms with Crippen LogP contribution in [0.4, 0.5) is 13.2 Å². The third-order valence-corrected chi connectivity index (χ3v) is 4.17. The van der Waals surface area contributed by atoms with Crippen molar-refractivity contribution in [1.82, 2.24) is 15.1 Å². The van der Waals surface area contributed by atoms with Crippen molar-refractivity contribution in [1.29, 1.82) is 0 Å². The Kier molecular flexibility index (Phi) is 5.67. The van der Waals surface area contributed by atoms with Crippen molar-refractivity contribution in [3.63, 3.8) is 0 Å². The van der Waals surface area contributed by atoms with Crippen molar-refractivity contribution in [2.24, 2.45) is 5.92 Å². The van der Waals surface area contributed by atoms with Gasteiger partial charge in [0.1, 0.15) is 6.54 Å². The van der Waals surface area contributed by atoms with Crippen LogP contribution in [0.3, 0.4) is 0 Å². The molecule has 1 heterocycles. The quantitative estimate of drug-likeness (QED) is 0.867. The fourth-order valence-electron chi connectivity index (χ4n) is 2.91. The second kappa shape index (κ2) is 7.33. The van der Waals surface area contributed by atoms with Gasteiger partial charge in [-0.15, -0.1) is 0 Å². The molecule has 1 aliphatic rings. The molecule has 1 aromatic rings. The SMILES string of the molecule is CC1CCC(NC(=O)Cn2cc(CCO)c(C(F)(F)F)n2)CC1. The van der Waals surface area contributed by atoms with E-state index in [-0.39, 0.29) is 30.5 Å². The van der Waals surface area contributed by atoms with Gasteiger partial charge in [-0.3, -0.25) is 9.48 Å². The average molecular weight is 333 g/mol. The fraction of sp³-hybridized carbons (Fsp3) is 0.733. The third-order valence-electron chi connectivity index (χ3n) is 4.17. The molecule has 0 spiro atoms. The molecule has 0 aliphatic heterocycles. The van der Waals surface area contributed by atoms with Crippen LogP contribution in [0.25, 0.3) is 0 Å². The number of aliphatic hydroxyl groups excluding tert-OH is 1. The van der Waals surface area contributed by atoms with Crippen LogP contribution in [0.15, 0.2) is 6.20 Å². The predicted octanol–water partition coefficient (Wildman–Crippen LogP) is 2.13. The van der Waals surface area contributed by atoms with Gasteiger partial charge in [-0.1, -0.05) is 6.92 Å². The number of rotatable bonds is 5. The highest BCUT2D eigenvalue weighted by Crippen LogP contribution is 2.31. The minimum Gasteiger partial charge on any atom is -0.396 e. The molecule has 0 unspecified atom stereocenters. The van der Waals surface area contributed by atoms with Gasteiger partial charge < -0.3 is 10.4 Å². The number of carbonyl (C=O) groups excluding carboxylic acids is 1. The van der Waals surface area contributed by atoms with Crippen LogP contribution in [0, 0.1) is 5.92 Å². The number of carbonyl (C=O) groups is 1. The van der Waals surface area contributed by atoms with Crippen molar-refractivity contribution in [3.8, 4) is 0 Å². The van der Waals surface area contributed by atoms with Gasteiger partial charge >= 0.3 is 6.18 Å². The molecular weight excluding hydrogens is 311 g/mol. The standard InChI is InChI=1S/C15H22F3N3O2/c1-10-2-4-12(5-3-10)19-13(23)9-21-8-11(6-7-22)14(20-21)15(16,17)18/h8,10,12,22H,2-7,9H2,1H3,(H,19,23). The van der Waals surface area contributed by atoms with Gasteiger partial charge in [-0.2, -0.15) is 18.3 Å². The van der Waals surface area contributed by atoms with Crippen molar-refractivity contribution in [3.05, 3.63) is 17.5 Å². The van der Waals surface area contributed by atoms with E-state index in [1.165, 1.54) is 6.20 Å². The van der Waals surface area contributed by atoms with Gasteiger partial charge in [0.2, 0.25) is 5.91 Å². The van der Waals surface area contributed by atoms with E-state index >= 15 is 0 Å². The Labute approximate surface area is 132 Å². The Morgan fingerprint density at radius 1 is 1.39 bits per heavy atom. The number of halogens is 3. The van der Waals surface area contributed by atoms with Crippen LogP contribution in [0.5, 0.6) is 0 Å². The van der Waals surface area contributed by atoms with Gasteiger partial charge in [-0.25, -0.2) is 0 Å². The maximum Gasteiger partial charge on any atom is 0.435 e. The third kappa shape index (κ3) is 4.95. The van der Waals surface area contributed by atoms with Crippen LogP contribution in [-0.4, -0.2) is 33.4 Å². The van der Waals surface area contributed by atoms with Crippen LogP contribution in [0.1, 0.15) is 43.9 Å². The summed E-state index contributed by atoms with van der Waals surface area (Å²) >= 11 is 0. The van der Waals surface area contributed by atoms with E-state index in [1.807, 2.05) is 0 Å². The number of aliphatic hydroxyl groups is 1. The maximum absolute atomic E-state index is 12.9. The molecule has 0 saturated heterocycles. The van der Waals surface area contributed by atoms with Crippen LogP contribution >= 0.6 is 0 Å². The monoisotopic (exact) mass is 333 g/mol. The molecule has 1 fully saturated rings. The minimum absolute atomic E-state index is 0.0910. The summed E-state index contributed by atoms with van der Waals surface area (Å²) in [5.41, 5.74) is -1.13. The molecule has 5 nitrogen and oxygen atoms in total. The summed E-state index contributed by atoms with van der Waals surface area (Å²) < 4.78 is 39.6. The molecule has 0 bridgehead atoms. The Balaban J connectivity index is 1.98. The summed E-state index contributed by atoms with van der Waals surface area (Å²) in [6.07, 6.45) is 0.340. The summed E-state index contributed by atoms with van der Waals surface area (Å²) in [4.78, 5) is 12.0. The highest BCUT2D eigenvalue weighted by molar-refractivity contribution is 5.76. The first-order chi connectivity index (χ1) is 10.8. The molecule has 1 saturated carbocycles. The van der Waals surface area contributed by atoms with Crippen molar-refractivity contribution in [2.45, 2.75) is 57.8 Å². The first-order valence-electron chi connectivity index (χ1n) is 7.83. The number of nitrogens with zero attached hydrogens (tertiary/aromatic N) is 2. The molecule has 0 aromatic carbocycles. The topological polar surface area (TPSA) is 67.2 Å². The Morgan fingerprint density at radius 2 is 2.04 bits per heavy atom. The van der Waals surface area contributed by atoms with E-state index in [0.717, 1.165) is 30.4 Å². The Bertz CT molecular complexity index is 535. The number of aromatic nitrogens is 2. The summed E-state index contributed by atoms with van der Waals surface area (Å²) in [5.74, 6) is 0.320. The van der Waals surface area contributed by atoms with Gasteiger partial charge in [0, 0.05) is 24.4 Å². The van der Waals surface area contributed by atoms with Crippen LogP contribution < -0.4 is 5.32 Å². The number of hydrogen-bond donors (Lipinski definition) is 2. The fourth-order valence-corrected chi connectivity index (χ4v) is 2.91. The van der Waals surface area contributed by atoms with Crippen LogP contribution in [-0.2, 0) is 23.9 Å². The second-order valence-electron chi connectivity index (χ2n) is 6.20. The zero-order chi connectivity index (χ0) is 17.0. The molecule has 2 rings (SSSR count). The second-order valence-corrected chi connectivity index (χ2v) is 6.20. The minimum atomic E-state index is -4.59. The molecule has 1 aliphatic carbocycles. The Hall–Kier alpha value is -1.57. The van der Waals surface area contributed by atoms with Gasteiger partial charge in [-0.05, 0) is 38.0 Å². The highest BCUT2D eigenvalue weighted by Gasteiger charge is 2.37. The molecule has 1 aromatic heterocycles. The number of alkyl halides is 3.